The van der Waals surface area contributed by atoms with Gasteiger partial charge < -0.3 is 15.0 Å². The van der Waals surface area contributed by atoms with Crippen molar-refractivity contribution in [2.45, 2.75) is 57.3 Å². The molecule has 0 bridgehead atoms. The molecule has 1 aromatic rings. The number of hydrogen-bond acceptors (Lipinski definition) is 3. The van der Waals surface area contributed by atoms with E-state index in [1.807, 2.05) is 0 Å². The van der Waals surface area contributed by atoms with E-state index < -0.39 is 0 Å². The lowest BCUT2D eigenvalue weighted by Crippen LogP contribution is -2.41. The Morgan fingerprint density at radius 3 is 1.84 bits per heavy atom. The molecule has 2 aliphatic rings. The van der Waals surface area contributed by atoms with Gasteiger partial charge in [-0.2, -0.15) is 0 Å². The van der Waals surface area contributed by atoms with Gasteiger partial charge in [0, 0.05) is 5.54 Å². The van der Waals surface area contributed by atoms with Crippen molar-refractivity contribution < 1.29 is 9.31 Å². The highest BCUT2D eigenvalue weighted by molar-refractivity contribution is 6.62. The fourth-order valence-corrected chi connectivity index (χ4v) is 2.37. The second-order valence-corrected chi connectivity index (χ2v) is 6.87. The second-order valence-electron chi connectivity index (χ2n) is 6.87. The van der Waals surface area contributed by atoms with E-state index in [1.165, 1.54) is 5.56 Å². The maximum atomic E-state index is 6.20. The first-order chi connectivity index (χ1) is 8.74. The molecule has 0 atom stereocenters. The van der Waals surface area contributed by atoms with Crippen LogP contribution < -0.4 is 11.2 Å². The minimum Gasteiger partial charge on any atom is -0.399 e. The molecule has 0 spiro atoms. The van der Waals surface area contributed by atoms with Gasteiger partial charge in [-0.1, -0.05) is 24.3 Å². The first-order valence-corrected chi connectivity index (χ1v) is 6.99. The molecule has 1 aromatic carbocycles. The predicted molar refractivity (Wildman–Crippen MR) is 77.3 cm³/mol. The Hall–Kier alpha value is -0.835. The molecule has 2 fully saturated rings. The van der Waals surface area contributed by atoms with Gasteiger partial charge in [0.2, 0.25) is 0 Å². The summed E-state index contributed by atoms with van der Waals surface area (Å²) in [5, 5.41) is 0. The lowest BCUT2D eigenvalue weighted by molar-refractivity contribution is 0.00578. The van der Waals surface area contributed by atoms with E-state index in [4.69, 9.17) is 15.0 Å². The van der Waals surface area contributed by atoms with Crippen molar-refractivity contribution in [1.82, 2.24) is 0 Å². The van der Waals surface area contributed by atoms with Crippen molar-refractivity contribution in [3.8, 4) is 0 Å². The molecule has 0 aromatic heterocycles. The van der Waals surface area contributed by atoms with Crippen LogP contribution in [0.15, 0.2) is 24.3 Å². The molecule has 2 N–H and O–H groups in total. The molecular formula is C15H22BNO2. The summed E-state index contributed by atoms with van der Waals surface area (Å²) in [5.41, 5.74) is 7.82. The van der Waals surface area contributed by atoms with Crippen LogP contribution in [0, 0.1) is 0 Å². The monoisotopic (exact) mass is 259 g/mol. The van der Waals surface area contributed by atoms with Crippen LogP contribution in [0.2, 0.25) is 0 Å². The van der Waals surface area contributed by atoms with Crippen LogP contribution in [0.3, 0.4) is 0 Å². The molecular weight excluding hydrogens is 237 g/mol. The zero-order chi connectivity index (χ0) is 13.9. The smallest absolute Gasteiger partial charge is 0.399 e. The molecule has 1 heterocycles. The van der Waals surface area contributed by atoms with Gasteiger partial charge in [-0.25, -0.2) is 0 Å². The maximum Gasteiger partial charge on any atom is 0.494 e. The highest BCUT2D eigenvalue weighted by atomic mass is 16.7. The van der Waals surface area contributed by atoms with Crippen LogP contribution in [0.5, 0.6) is 0 Å². The molecule has 3 nitrogen and oxygen atoms in total. The van der Waals surface area contributed by atoms with Crippen LogP contribution in [-0.2, 0) is 14.8 Å². The molecule has 1 saturated carbocycles. The first kappa shape index (κ1) is 13.2. The number of rotatable bonds is 2. The number of nitrogens with two attached hydrogens (primary N) is 1. The van der Waals surface area contributed by atoms with Crippen molar-refractivity contribution in [2.24, 2.45) is 5.73 Å². The van der Waals surface area contributed by atoms with Crippen LogP contribution in [0.4, 0.5) is 0 Å². The van der Waals surface area contributed by atoms with E-state index >= 15 is 0 Å². The molecule has 1 saturated heterocycles. The third kappa shape index (κ3) is 2.12. The van der Waals surface area contributed by atoms with Crippen molar-refractivity contribution in [1.29, 1.82) is 0 Å². The van der Waals surface area contributed by atoms with Crippen molar-refractivity contribution >= 4 is 12.6 Å². The zero-order valence-electron chi connectivity index (χ0n) is 12.2. The van der Waals surface area contributed by atoms with E-state index in [1.54, 1.807) is 0 Å². The van der Waals surface area contributed by atoms with E-state index in [0.717, 1.165) is 18.3 Å². The second kappa shape index (κ2) is 3.84. The standard InChI is InChI=1S/C15H22BNO2/c1-13(2)14(3,4)19-16(18-13)12-7-5-11(6-8-12)15(17)9-10-15/h5-8H,9-10,17H2,1-4H3. The average Bonchev–Trinajstić information content (AvgIpc) is 3.02. The van der Waals surface area contributed by atoms with Gasteiger partial charge in [-0.15, -0.1) is 0 Å². The van der Waals surface area contributed by atoms with E-state index in [2.05, 4.69) is 52.0 Å². The van der Waals surface area contributed by atoms with E-state index in [9.17, 15) is 0 Å². The lowest BCUT2D eigenvalue weighted by Gasteiger charge is -2.32. The summed E-state index contributed by atoms with van der Waals surface area (Å²) >= 11 is 0. The Labute approximate surface area is 115 Å². The summed E-state index contributed by atoms with van der Waals surface area (Å²) in [6, 6.07) is 8.36. The summed E-state index contributed by atoms with van der Waals surface area (Å²) in [4.78, 5) is 0. The Balaban J connectivity index is 1.81. The molecule has 0 unspecified atom stereocenters. The minimum atomic E-state index is -0.290. The lowest BCUT2D eigenvalue weighted by atomic mass is 9.78. The number of hydrogen-bond donors (Lipinski definition) is 1. The molecule has 1 aliphatic heterocycles. The molecule has 19 heavy (non-hydrogen) atoms. The van der Waals surface area contributed by atoms with E-state index in [-0.39, 0.29) is 23.9 Å². The predicted octanol–water partition coefficient (Wildman–Crippen LogP) is 1.93. The number of benzene rings is 1. The minimum absolute atomic E-state index is 0.0749. The Morgan fingerprint density at radius 2 is 1.42 bits per heavy atom. The summed E-state index contributed by atoms with van der Waals surface area (Å²) in [7, 11) is -0.285. The molecule has 0 radical (unpaired) electrons. The normalized spacial score (nSPS) is 26.5. The van der Waals surface area contributed by atoms with Crippen LogP contribution in [-0.4, -0.2) is 18.3 Å². The van der Waals surface area contributed by atoms with E-state index in [0.29, 0.717) is 0 Å². The van der Waals surface area contributed by atoms with Gasteiger partial charge in [-0.05, 0) is 51.6 Å². The van der Waals surface area contributed by atoms with Gasteiger partial charge in [0.05, 0.1) is 11.2 Å². The van der Waals surface area contributed by atoms with Gasteiger partial charge in [0.15, 0.2) is 0 Å². The summed E-state index contributed by atoms with van der Waals surface area (Å²) in [6.07, 6.45) is 2.17. The van der Waals surface area contributed by atoms with Crippen LogP contribution >= 0.6 is 0 Å². The topological polar surface area (TPSA) is 44.5 Å². The summed E-state index contributed by atoms with van der Waals surface area (Å²) in [5.74, 6) is 0. The third-order valence-corrected chi connectivity index (χ3v) is 4.80. The SMILES string of the molecule is CC1(C)OB(c2ccc(C3(N)CC3)cc2)OC1(C)C. The molecule has 4 heteroatoms. The third-order valence-electron chi connectivity index (χ3n) is 4.80. The quantitative estimate of drug-likeness (QED) is 0.825. The van der Waals surface area contributed by atoms with Gasteiger partial charge in [-0.3, -0.25) is 0 Å². The Kier molecular flexibility index (Phi) is 2.66. The van der Waals surface area contributed by atoms with Crippen molar-refractivity contribution in [3.63, 3.8) is 0 Å². The zero-order valence-corrected chi connectivity index (χ0v) is 12.2. The van der Waals surface area contributed by atoms with Crippen LogP contribution in [0.25, 0.3) is 0 Å². The Bertz CT molecular complexity index is 475. The largest absolute Gasteiger partial charge is 0.494 e. The molecule has 0 amide bonds. The van der Waals surface area contributed by atoms with Crippen molar-refractivity contribution in [3.05, 3.63) is 29.8 Å². The van der Waals surface area contributed by atoms with Gasteiger partial charge in [0.1, 0.15) is 0 Å². The molecule has 3 rings (SSSR count). The fourth-order valence-electron chi connectivity index (χ4n) is 2.37. The summed E-state index contributed by atoms with van der Waals surface area (Å²) in [6.45, 7) is 8.28. The highest BCUT2D eigenvalue weighted by Gasteiger charge is 2.51. The van der Waals surface area contributed by atoms with Crippen molar-refractivity contribution in [2.75, 3.05) is 0 Å². The van der Waals surface area contributed by atoms with Crippen LogP contribution in [0.1, 0.15) is 46.1 Å². The fraction of sp³-hybridized carbons (Fsp3) is 0.600. The van der Waals surface area contributed by atoms with Gasteiger partial charge >= 0.3 is 7.12 Å². The molecule has 1 aliphatic carbocycles. The van der Waals surface area contributed by atoms with Gasteiger partial charge in [0.25, 0.3) is 0 Å². The highest BCUT2D eigenvalue weighted by Crippen LogP contribution is 2.42. The Morgan fingerprint density at radius 1 is 0.947 bits per heavy atom. The first-order valence-electron chi connectivity index (χ1n) is 6.99. The molecule has 102 valence electrons. The average molecular weight is 259 g/mol. The maximum absolute atomic E-state index is 6.20. The summed E-state index contributed by atoms with van der Waals surface area (Å²) < 4.78 is 12.1.